The highest BCUT2D eigenvalue weighted by Gasteiger charge is 2.43. The number of para-hydroxylation sites is 1. The van der Waals surface area contributed by atoms with Crippen LogP contribution in [0, 0.1) is 11.7 Å². The molecule has 2 aliphatic rings. The molecule has 2 aliphatic heterocycles. The fourth-order valence-electron chi connectivity index (χ4n) is 5.63. The number of rotatable bonds is 9. The normalized spacial score (nSPS) is 22.0. The average Bonchev–Trinajstić information content (AvgIpc) is 3.35. The summed E-state index contributed by atoms with van der Waals surface area (Å²) in [5, 5.41) is 10.3. The van der Waals surface area contributed by atoms with Gasteiger partial charge in [-0.3, -0.25) is 9.29 Å². The molecule has 35 heavy (non-hydrogen) atoms. The lowest BCUT2D eigenvalue weighted by Crippen LogP contribution is -2.49. The van der Waals surface area contributed by atoms with Crippen molar-refractivity contribution in [2.45, 2.75) is 44.2 Å². The van der Waals surface area contributed by atoms with Crippen molar-refractivity contribution in [3.8, 4) is 0 Å². The van der Waals surface area contributed by atoms with E-state index < -0.39 is 25.1 Å². The number of halogens is 4. The number of thiophene rings is 1. The Hall–Kier alpha value is -1.94. The van der Waals surface area contributed by atoms with E-state index in [4.69, 9.17) is 0 Å². The second kappa shape index (κ2) is 9.84. The molecular formula is C26H31F4N3OS. The summed E-state index contributed by atoms with van der Waals surface area (Å²) in [6.07, 6.45) is 1.82. The van der Waals surface area contributed by atoms with Crippen LogP contribution in [0.15, 0.2) is 30.3 Å². The molecule has 190 valence electrons. The number of fused-ring (bicyclic) bond motifs is 3. The highest BCUT2D eigenvalue weighted by Crippen LogP contribution is 2.45. The first-order valence-corrected chi connectivity index (χ1v) is 13.0. The highest BCUT2D eigenvalue weighted by atomic mass is 32.1. The van der Waals surface area contributed by atoms with E-state index in [1.807, 2.05) is 31.2 Å². The second-order valence-electron chi connectivity index (χ2n) is 10.0. The maximum absolute atomic E-state index is 15.5. The van der Waals surface area contributed by atoms with Crippen molar-refractivity contribution in [1.82, 2.24) is 14.8 Å². The molecule has 0 bridgehead atoms. The number of nitrogens with one attached hydrogen (secondary N) is 1. The lowest BCUT2D eigenvalue weighted by Gasteiger charge is -2.41. The molecule has 1 aromatic carbocycles. The molecular weight excluding hydrogens is 478 g/mol. The average molecular weight is 510 g/mol. The maximum atomic E-state index is 15.5. The third kappa shape index (κ3) is 4.88. The molecule has 1 fully saturated rings. The van der Waals surface area contributed by atoms with E-state index in [-0.39, 0.29) is 18.5 Å². The van der Waals surface area contributed by atoms with Crippen LogP contribution in [0.4, 0.5) is 17.6 Å². The van der Waals surface area contributed by atoms with Crippen molar-refractivity contribution < 1.29 is 22.7 Å². The molecule has 0 amide bonds. The summed E-state index contributed by atoms with van der Waals surface area (Å²) < 4.78 is 56.7. The van der Waals surface area contributed by atoms with Gasteiger partial charge < -0.3 is 15.0 Å². The summed E-state index contributed by atoms with van der Waals surface area (Å²) in [6.45, 7) is 2.16. The minimum Gasteiger partial charge on any atom is -0.390 e. The van der Waals surface area contributed by atoms with Crippen LogP contribution < -0.4 is 0 Å². The molecule has 4 heterocycles. The molecule has 0 radical (unpaired) electrons. The van der Waals surface area contributed by atoms with E-state index in [9.17, 15) is 18.3 Å². The zero-order valence-corrected chi connectivity index (χ0v) is 20.6. The van der Waals surface area contributed by atoms with Crippen LogP contribution in [0.3, 0.4) is 0 Å². The van der Waals surface area contributed by atoms with Crippen LogP contribution in [0.2, 0.25) is 0 Å². The first kappa shape index (κ1) is 24.7. The van der Waals surface area contributed by atoms with E-state index in [1.54, 1.807) is 11.0 Å². The number of aliphatic hydroxyl groups excluding tert-OH is 1. The van der Waals surface area contributed by atoms with E-state index in [1.165, 1.54) is 11.3 Å². The molecule has 9 heteroatoms. The van der Waals surface area contributed by atoms with Crippen molar-refractivity contribution in [2.75, 3.05) is 39.5 Å². The minimum atomic E-state index is -3.29. The predicted molar refractivity (Wildman–Crippen MR) is 131 cm³/mol. The van der Waals surface area contributed by atoms with Crippen molar-refractivity contribution in [1.29, 1.82) is 0 Å². The quantitative estimate of drug-likeness (QED) is 0.392. The van der Waals surface area contributed by atoms with Gasteiger partial charge in [0.25, 0.3) is 5.92 Å². The molecule has 4 nitrogen and oxygen atoms in total. The Bertz CT molecular complexity index is 1170. The molecule has 2 aromatic heterocycles. The van der Waals surface area contributed by atoms with E-state index in [0.29, 0.717) is 23.6 Å². The number of nitrogens with zero attached hydrogens (tertiary/aromatic N) is 2. The van der Waals surface area contributed by atoms with Crippen LogP contribution in [-0.4, -0.2) is 71.3 Å². The van der Waals surface area contributed by atoms with Crippen LogP contribution in [0.1, 0.15) is 40.4 Å². The maximum Gasteiger partial charge on any atom is 0.283 e. The Labute approximate surface area is 206 Å². The third-order valence-corrected chi connectivity index (χ3v) is 8.49. The van der Waals surface area contributed by atoms with Crippen LogP contribution >= 0.6 is 11.3 Å². The Kier molecular flexibility index (Phi) is 6.96. The summed E-state index contributed by atoms with van der Waals surface area (Å²) in [5.41, 5.74) is 2.70. The molecule has 0 unspecified atom stereocenters. The van der Waals surface area contributed by atoms with Gasteiger partial charge in [-0.2, -0.15) is 0 Å². The zero-order valence-electron chi connectivity index (χ0n) is 19.7. The molecule has 1 saturated heterocycles. The van der Waals surface area contributed by atoms with Gasteiger partial charge in [-0.25, -0.2) is 13.2 Å². The predicted octanol–water partition coefficient (Wildman–Crippen LogP) is 5.17. The number of H-pyrrole nitrogens is 1. The lowest BCUT2D eigenvalue weighted by molar-refractivity contribution is -0.0864. The van der Waals surface area contributed by atoms with Gasteiger partial charge in [-0.1, -0.05) is 18.2 Å². The minimum absolute atomic E-state index is 0.259. The zero-order chi connectivity index (χ0) is 24.7. The van der Waals surface area contributed by atoms with Gasteiger partial charge in [0, 0.05) is 47.2 Å². The molecule has 0 spiro atoms. The number of benzene rings is 1. The molecule has 0 aliphatic carbocycles. The number of hydrogen-bond donors (Lipinski definition) is 2. The number of alkyl halides is 3. The number of aromatic amines is 1. The first-order valence-electron chi connectivity index (χ1n) is 12.2. The van der Waals surface area contributed by atoms with Crippen LogP contribution in [-0.2, 0) is 12.8 Å². The van der Waals surface area contributed by atoms with Gasteiger partial charge in [0.1, 0.15) is 12.4 Å². The highest BCUT2D eigenvalue weighted by molar-refractivity contribution is 7.12. The van der Waals surface area contributed by atoms with Crippen molar-refractivity contribution in [3.63, 3.8) is 0 Å². The van der Waals surface area contributed by atoms with Crippen LogP contribution in [0.25, 0.3) is 10.9 Å². The van der Waals surface area contributed by atoms with Gasteiger partial charge in [-0.05, 0) is 49.8 Å². The number of hydrogen-bond acceptors (Lipinski definition) is 4. The van der Waals surface area contributed by atoms with Gasteiger partial charge in [0.15, 0.2) is 0 Å². The monoisotopic (exact) mass is 509 g/mol. The van der Waals surface area contributed by atoms with Gasteiger partial charge in [0.05, 0.1) is 24.1 Å². The SMILES string of the molecule is C[C@@H]1Cc2c([nH]c3ccccc23)[C@@H](c2sc(CC3CN(CCCF)C3)cc2F)N1CC(F)(F)CO. The van der Waals surface area contributed by atoms with Crippen molar-refractivity contribution in [3.05, 3.63) is 57.2 Å². The molecule has 5 rings (SSSR count). The molecule has 2 N–H and O–H groups in total. The van der Waals surface area contributed by atoms with Gasteiger partial charge in [-0.15, -0.1) is 11.3 Å². The largest absolute Gasteiger partial charge is 0.390 e. The van der Waals surface area contributed by atoms with E-state index in [0.717, 1.165) is 53.1 Å². The van der Waals surface area contributed by atoms with Gasteiger partial charge in [0.2, 0.25) is 0 Å². The third-order valence-electron chi connectivity index (χ3n) is 7.31. The topological polar surface area (TPSA) is 42.5 Å². The molecule has 2 atom stereocenters. The number of likely N-dealkylation sites (tertiary alicyclic amines) is 1. The summed E-state index contributed by atoms with van der Waals surface area (Å²) in [5.74, 6) is -3.27. The Morgan fingerprint density at radius 2 is 2.00 bits per heavy atom. The Morgan fingerprint density at radius 3 is 2.74 bits per heavy atom. The second-order valence-corrected chi connectivity index (χ2v) is 11.2. The fraction of sp³-hybridized carbons (Fsp3) is 0.538. The first-order chi connectivity index (χ1) is 16.8. The Morgan fingerprint density at radius 1 is 1.23 bits per heavy atom. The summed E-state index contributed by atoms with van der Waals surface area (Å²) in [7, 11) is 0. The smallest absolute Gasteiger partial charge is 0.283 e. The van der Waals surface area contributed by atoms with Gasteiger partial charge >= 0.3 is 0 Å². The summed E-state index contributed by atoms with van der Waals surface area (Å²) in [4.78, 5) is 8.57. The summed E-state index contributed by atoms with van der Waals surface area (Å²) in [6, 6.07) is 8.43. The van der Waals surface area contributed by atoms with E-state index >= 15 is 4.39 Å². The van der Waals surface area contributed by atoms with Crippen molar-refractivity contribution in [2.24, 2.45) is 5.92 Å². The Balaban J connectivity index is 1.47. The molecule has 0 saturated carbocycles. The standard InChI is InChI=1S/C26H31F4N3OS/c1-16-9-20-19-5-2-3-6-22(19)31-23(20)24(33(16)14-26(29,30)15-34)25-21(28)11-18(35-25)10-17-12-32(13-17)8-4-7-27/h2-3,5-6,11,16-17,24,31,34H,4,7-10,12-15H2,1H3/t16-,24+/m1/s1. The van der Waals surface area contributed by atoms with Crippen molar-refractivity contribution >= 4 is 22.2 Å². The molecule has 3 aromatic rings. The fourth-order valence-corrected chi connectivity index (χ4v) is 6.91. The number of aliphatic hydroxyl groups is 1. The summed E-state index contributed by atoms with van der Waals surface area (Å²) >= 11 is 1.35. The van der Waals surface area contributed by atoms with Crippen LogP contribution in [0.5, 0.6) is 0 Å². The lowest BCUT2D eigenvalue weighted by atomic mass is 9.91. The van der Waals surface area contributed by atoms with E-state index in [2.05, 4.69) is 9.88 Å². The number of aromatic nitrogens is 1.